The van der Waals surface area contributed by atoms with E-state index in [-0.39, 0.29) is 10.4 Å². The van der Waals surface area contributed by atoms with Crippen LogP contribution in [0.3, 0.4) is 0 Å². The van der Waals surface area contributed by atoms with Crippen molar-refractivity contribution in [1.29, 1.82) is 0 Å². The molecule has 1 aromatic heterocycles. The summed E-state index contributed by atoms with van der Waals surface area (Å²) in [5.41, 5.74) is -2.07. The van der Waals surface area contributed by atoms with Crippen LogP contribution in [0.15, 0.2) is 14.4 Å². The highest BCUT2D eigenvalue weighted by Gasteiger charge is 1.93. The van der Waals surface area contributed by atoms with Crippen LogP contribution in [0.5, 0.6) is 0 Å². The van der Waals surface area contributed by atoms with Gasteiger partial charge in [-0.2, -0.15) is 0 Å². The van der Waals surface area contributed by atoms with Gasteiger partial charge in [0.1, 0.15) is 10.4 Å². The van der Waals surface area contributed by atoms with Gasteiger partial charge in [-0.1, -0.05) is 0 Å². The maximum absolute atomic E-state index is 10.6. The Morgan fingerprint density at radius 3 is 1.90 bits per heavy atom. The first-order chi connectivity index (χ1) is 4.61. The normalized spacial score (nSPS) is 10.0. The van der Waals surface area contributed by atoms with Crippen molar-refractivity contribution < 1.29 is 0 Å². The fourth-order valence-corrected chi connectivity index (χ4v) is 0.709. The molecule has 6 nitrogen and oxygen atoms in total. The predicted octanol–water partition coefficient (Wildman–Crippen LogP) is -3.65. The lowest BCUT2D eigenvalue weighted by molar-refractivity contribution is 0.842. The maximum atomic E-state index is 10.6. The van der Waals surface area contributed by atoms with E-state index in [0.717, 1.165) is 4.23 Å². The van der Waals surface area contributed by atoms with E-state index in [2.05, 4.69) is 0 Å². The second kappa shape index (κ2) is 2.10. The molecule has 1 aromatic rings. The molecule has 0 amide bonds. The molecule has 0 atom stereocenters. The van der Waals surface area contributed by atoms with Gasteiger partial charge in [0, 0.05) is 0 Å². The Hall–Kier alpha value is -1.37. The Morgan fingerprint density at radius 1 is 1.10 bits per heavy atom. The minimum atomic E-state index is -0.762. The van der Waals surface area contributed by atoms with Crippen LogP contribution in [0.25, 0.3) is 0 Å². The molecule has 0 fully saturated rings. The molecule has 0 unspecified atom stereocenters. The van der Waals surface area contributed by atoms with Crippen LogP contribution in [0.2, 0.25) is 0 Å². The van der Waals surface area contributed by atoms with E-state index in [1.807, 2.05) is 9.97 Å². The van der Waals surface area contributed by atoms with E-state index in [1.165, 1.54) is 0 Å². The van der Waals surface area contributed by atoms with Crippen LogP contribution in [-0.4, -0.2) is 24.6 Å². The Balaban J connectivity index is 3.80. The predicted molar refractivity (Wildman–Crippen MR) is 37.3 cm³/mol. The lowest BCUT2D eigenvalue weighted by Gasteiger charge is -1.89. The van der Waals surface area contributed by atoms with Gasteiger partial charge >= 0.3 is 17.1 Å². The quantitative estimate of drug-likeness (QED) is 0.383. The maximum Gasteiger partial charge on any atom is 0.330 e. The summed E-state index contributed by atoms with van der Waals surface area (Å²) >= 11 is 0. The number of rotatable bonds is 0. The molecule has 1 heterocycles. The summed E-state index contributed by atoms with van der Waals surface area (Å²) in [6, 6.07) is 0. The molecule has 0 radical (unpaired) electrons. The number of aromatic amines is 2. The van der Waals surface area contributed by atoms with Crippen LogP contribution >= 0.6 is 0 Å². The van der Waals surface area contributed by atoms with Crippen molar-refractivity contribution in [3.63, 3.8) is 0 Å². The summed E-state index contributed by atoms with van der Waals surface area (Å²) in [6.45, 7) is 0. The Labute approximate surface area is 57.0 Å². The SMILES string of the molecule is O=c1[nH]c(=O)n([SiH3])c(=O)[nH]1. The first-order valence-electron chi connectivity index (χ1n) is 2.51. The van der Waals surface area contributed by atoms with E-state index in [9.17, 15) is 14.4 Å². The topological polar surface area (TPSA) is 87.7 Å². The molecule has 0 aliphatic heterocycles. The van der Waals surface area contributed by atoms with E-state index >= 15 is 0 Å². The molecule has 1 rings (SSSR count). The van der Waals surface area contributed by atoms with Gasteiger partial charge in [-0.05, 0) is 0 Å². The second-order valence-corrected chi connectivity index (χ2v) is 2.64. The molecular formula is C3H5N3O3Si. The summed E-state index contributed by atoms with van der Waals surface area (Å²) in [4.78, 5) is 35.3. The van der Waals surface area contributed by atoms with Gasteiger partial charge in [0.05, 0.1) is 0 Å². The Bertz CT molecular complexity index is 364. The van der Waals surface area contributed by atoms with Crippen molar-refractivity contribution in [3.8, 4) is 0 Å². The van der Waals surface area contributed by atoms with Gasteiger partial charge in [-0.15, -0.1) is 0 Å². The van der Waals surface area contributed by atoms with E-state index < -0.39 is 17.1 Å². The van der Waals surface area contributed by atoms with Gasteiger partial charge in [-0.25, -0.2) is 14.4 Å². The summed E-state index contributed by atoms with van der Waals surface area (Å²) in [5, 5.41) is 0. The minimum Gasteiger partial charge on any atom is -0.285 e. The molecule has 0 aliphatic rings. The zero-order chi connectivity index (χ0) is 7.72. The van der Waals surface area contributed by atoms with Gasteiger partial charge < -0.3 is 0 Å². The van der Waals surface area contributed by atoms with Gasteiger partial charge in [-0.3, -0.25) is 14.2 Å². The van der Waals surface area contributed by atoms with Gasteiger partial charge in [0.2, 0.25) is 0 Å². The molecule has 0 aromatic carbocycles. The molecule has 0 bridgehead atoms. The van der Waals surface area contributed by atoms with Gasteiger partial charge in [0.25, 0.3) is 0 Å². The molecular weight excluding hydrogens is 154 g/mol. The summed E-state index contributed by atoms with van der Waals surface area (Å²) in [5.74, 6) is 0. The lowest BCUT2D eigenvalue weighted by Crippen LogP contribution is -2.42. The van der Waals surface area contributed by atoms with Gasteiger partial charge in [0.15, 0.2) is 0 Å². The third-order valence-corrected chi connectivity index (χ3v) is 1.86. The highest BCUT2D eigenvalue weighted by molar-refractivity contribution is 6.06. The Morgan fingerprint density at radius 2 is 1.50 bits per heavy atom. The third-order valence-electron chi connectivity index (χ3n) is 1.05. The van der Waals surface area contributed by atoms with Crippen LogP contribution in [0.1, 0.15) is 0 Å². The van der Waals surface area contributed by atoms with E-state index in [0.29, 0.717) is 0 Å². The number of nitrogens with one attached hydrogen (secondary N) is 2. The lowest BCUT2D eigenvalue weighted by atomic mass is 11.0. The molecule has 0 saturated heterocycles. The molecule has 54 valence electrons. The van der Waals surface area contributed by atoms with Crippen molar-refractivity contribution in [3.05, 3.63) is 31.5 Å². The highest BCUT2D eigenvalue weighted by atomic mass is 28.2. The largest absolute Gasteiger partial charge is 0.330 e. The van der Waals surface area contributed by atoms with Crippen molar-refractivity contribution in [2.75, 3.05) is 0 Å². The van der Waals surface area contributed by atoms with E-state index in [4.69, 9.17) is 0 Å². The van der Waals surface area contributed by atoms with Crippen LogP contribution in [0.4, 0.5) is 0 Å². The number of H-pyrrole nitrogens is 2. The standard InChI is InChI=1S/C3H5N3O3Si/c7-1-4-2(8)6(10)3(9)5-1/h10H3,(H2,4,5,7,8,9). The number of hydrogen-bond donors (Lipinski definition) is 2. The van der Waals surface area contributed by atoms with Crippen LogP contribution in [0, 0.1) is 0 Å². The number of nitrogens with zero attached hydrogens (tertiary/aromatic N) is 1. The first-order valence-corrected chi connectivity index (χ1v) is 3.40. The Kier molecular flexibility index (Phi) is 1.42. The molecule has 2 N–H and O–H groups in total. The minimum absolute atomic E-state index is 0.267. The zero-order valence-corrected chi connectivity index (χ0v) is 7.17. The first kappa shape index (κ1) is 6.74. The van der Waals surface area contributed by atoms with Crippen molar-refractivity contribution in [2.24, 2.45) is 0 Å². The molecule has 0 aliphatic carbocycles. The van der Waals surface area contributed by atoms with Crippen molar-refractivity contribution in [1.82, 2.24) is 14.2 Å². The average Bonchev–Trinajstić information content (AvgIpc) is 1.82. The molecule has 0 saturated carbocycles. The second-order valence-electron chi connectivity index (χ2n) is 1.75. The average molecular weight is 159 g/mol. The number of aromatic nitrogens is 3. The summed E-state index contributed by atoms with van der Waals surface area (Å²) in [7, 11) is 0.267. The fraction of sp³-hybridized carbons (Fsp3) is 0. The molecule has 7 heteroatoms. The smallest absolute Gasteiger partial charge is 0.285 e. The number of hydrogen-bond acceptors (Lipinski definition) is 3. The zero-order valence-electron chi connectivity index (χ0n) is 5.17. The fourth-order valence-electron chi connectivity index (χ4n) is 0.485. The third kappa shape index (κ3) is 0.981. The van der Waals surface area contributed by atoms with Crippen molar-refractivity contribution >= 4 is 10.4 Å². The van der Waals surface area contributed by atoms with Crippen LogP contribution in [-0.2, 0) is 0 Å². The van der Waals surface area contributed by atoms with E-state index in [1.54, 1.807) is 0 Å². The van der Waals surface area contributed by atoms with Crippen molar-refractivity contribution in [2.45, 2.75) is 0 Å². The summed E-state index contributed by atoms with van der Waals surface area (Å²) in [6.07, 6.45) is 0. The summed E-state index contributed by atoms with van der Waals surface area (Å²) < 4.78 is 0.904. The highest BCUT2D eigenvalue weighted by Crippen LogP contribution is 1.41. The molecule has 10 heavy (non-hydrogen) atoms. The monoisotopic (exact) mass is 159 g/mol. The van der Waals surface area contributed by atoms with Crippen LogP contribution < -0.4 is 17.1 Å². The molecule has 0 spiro atoms.